The lowest BCUT2D eigenvalue weighted by Gasteiger charge is -2.13. The quantitative estimate of drug-likeness (QED) is 0.458. The fourth-order valence-electron chi connectivity index (χ4n) is 2.95. The van der Waals surface area contributed by atoms with E-state index in [1.165, 1.54) is 29.0 Å². The van der Waals surface area contributed by atoms with Gasteiger partial charge < -0.3 is 5.73 Å². The van der Waals surface area contributed by atoms with E-state index in [2.05, 4.69) is 14.8 Å². The Morgan fingerprint density at radius 3 is 2.52 bits per heavy atom. The first-order valence-corrected chi connectivity index (χ1v) is 10.1. The Morgan fingerprint density at radius 2 is 1.81 bits per heavy atom. The first-order valence-electron chi connectivity index (χ1n) is 8.64. The predicted molar refractivity (Wildman–Crippen MR) is 105 cm³/mol. The Labute approximate surface area is 173 Å². The molecule has 7 nitrogen and oxygen atoms in total. The zero-order valence-electron chi connectivity index (χ0n) is 15.4. The van der Waals surface area contributed by atoms with Gasteiger partial charge in [0, 0.05) is 23.4 Å². The third kappa shape index (κ3) is 3.89. The van der Waals surface area contributed by atoms with E-state index >= 15 is 0 Å². The summed E-state index contributed by atoms with van der Waals surface area (Å²) in [6.07, 6.45) is -1.87. The number of nitrogens with one attached hydrogen (secondary N) is 1. The SMILES string of the molecule is Nc1c(-c2ccc(NS(=O)(=O)c3cccc(C(F)(F)F)c3)cc2F)cnc2ccnn12. The van der Waals surface area contributed by atoms with E-state index in [0.29, 0.717) is 11.7 Å². The van der Waals surface area contributed by atoms with Crippen LogP contribution in [0.5, 0.6) is 0 Å². The van der Waals surface area contributed by atoms with Crippen molar-refractivity contribution >= 4 is 27.2 Å². The van der Waals surface area contributed by atoms with Crippen LogP contribution in [0.25, 0.3) is 16.8 Å². The van der Waals surface area contributed by atoms with Crippen LogP contribution in [0.3, 0.4) is 0 Å². The zero-order chi connectivity index (χ0) is 22.4. The fraction of sp³-hybridized carbons (Fsp3) is 0.0526. The fourth-order valence-corrected chi connectivity index (χ4v) is 4.04. The van der Waals surface area contributed by atoms with Crippen LogP contribution in [0.4, 0.5) is 29.1 Å². The molecular weight excluding hydrogens is 438 g/mol. The maximum Gasteiger partial charge on any atom is 0.416 e. The number of rotatable bonds is 4. The number of nitrogens with two attached hydrogens (primary N) is 1. The molecule has 0 amide bonds. The molecule has 4 aromatic rings. The van der Waals surface area contributed by atoms with Crippen LogP contribution >= 0.6 is 0 Å². The molecule has 0 aliphatic heterocycles. The highest BCUT2D eigenvalue weighted by Crippen LogP contribution is 2.32. The Bertz CT molecular complexity index is 1400. The van der Waals surface area contributed by atoms with Gasteiger partial charge in [-0.2, -0.15) is 22.8 Å². The number of halogens is 4. The highest BCUT2D eigenvalue weighted by Gasteiger charge is 2.31. The molecule has 4 rings (SSSR count). The number of alkyl halides is 3. The number of aromatic nitrogens is 3. The molecule has 31 heavy (non-hydrogen) atoms. The maximum atomic E-state index is 14.7. The first-order chi connectivity index (χ1) is 14.6. The molecule has 12 heteroatoms. The van der Waals surface area contributed by atoms with Gasteiger partial charge in [0.15, 0.2) is 5.65 Å². The summed E-state index contributed by atoms with van der Waals surface area (Å²) >= 11 is 0. The predicted octanol–water partition coefficient (Wildman–Crippen LogP) is 3.94. The average molecular weight is 451 g/mol. The second-order valence-electron chi connectivity index (χ2n) is 6.48. The number of hydrogen-bond acceptors (Lipinski definition) is 5. The minimum atomic E-state index is -4.71. The van der Waals surface area contributed by atoms with E-state index in [-0.39, 0.29) is 22.6 Å². The molecule has 2 aromatic carbocycles. The van der Waals surface area contributed by atoms with E-state index < -0.39 is 32.5 Å². The van der Waals surface area contributed by atoms with Gasteiger partial charge in [-0.05, 0) is 36.4 Å². The van der Waals surface area contributed by atoms with Gasteiger partial charge in [-0.3, -0.25) is 4.72 Å². The van der Waals surface area contributed by atoms with E-state index in [1.54, 1.807) is 6.07 Å². The van der Waals surface area contributed by atoms with Crippen molar-refractivity contribution in [3.63, 3.8) is 0 Å². The lowest BCUT2D eigenvalue weighted by Crippen LogP contribution is -2.15. The molecule has 0 atom stereocenters. The summed E-state index contributed by atoms with van der Waals surface area (Å²) in [5, 5.41) is 3.99. The molecule has 0 saturated carbocycles. The summed E-state index contributed by atoms with van der Waals surface area (Å²) in [4.78, 5) is 3.51. The van der Waals surface area contributed by atoms with Crippen molar-refractivity contribution < 1.29 is 26.0 Å². The van der Waals surface area contributed by atoms with Crippen LogP contribution < -0.4 is 10.5 Å². The third-order valence-electron chi connectivity index (χ3n) is 4.44. The van der Waals surface area contributed by atoms with Gasteiger partial charge in [0.05, 0.1) is 22.3 Å². The number of hydrogen-bond donors (Lipinski definition) is 2. The molecule has 0 radical (unpaired) electrons. The van der Waals surface area contributed by atoms with Gasteiger partial charge in [-0.1, -0.05) is 6.07 Å². The van der Waals surface area contributed by atoms with Gasteiger partial charge >= 0.3 is 6.18 Å². The number of benzene rings is 2. The molecule has 2 aromatic heterocycles. The number of anilines is 2. The van der Waals surface area contributed by atoms with Crippen LogP contribution in [0.2, 0.25) is 0 Å². The summed E-state index contributed by atoms with van der Waals surface area (Å²) in [6.45, 7) is 0. The molecule has 3 N–H and O–H groups in total. The van der Waals surface area contributed by atoms with Crippen LogP contribution in [0, 0.1) is 5.82 Å². The Hall–Kier alpha value is -3.67. The standard InChI is InChI=1S/C19H13F4N5O2S/c20-16-9-12(27-31(29,30)13-3-1-2-11(8-13)19(21,22)23)4-5-14(16)15-10-25-17-6-7-26-28(17)18(15)24/h1-10,27H,24H2. The highest BCUT2D eigenvalue weighted by atomic mass is 32.2. The monoisotopic (exact) mass is 451 g/mol. The minimum absolute atomic E-state index is 0.0458. The van der Waals surface area contributed by atoms with Crippen molar-refractivity contribution in [1.29, 1.82) is 0 Å². The van der Waals surface area contributed by atoms with Crippen LogP contribution in [0.15, 0.2) is 65.8 Å². The van der Waals surface area contributed by atoms with Crippen molar-refractivity contribution in [2.75, 3.05) is 10.5 Å². The summed E-state index contributed by atoms with van der Waals surface area (Å²) in [6, 6.07) is 8.28. The van der Waals surface area contributed by atoms with E-state index in [0.717, 1.165) is 24.3 Å². The molecule has 0 aliphatic rings. The molecule has 0 unspecified atom stereocenters. The Morgan fingerprint density at radius 1 is 1.03 bits per heavy atom. The maximum absolute atomic E-state index is 14.7. The highest BCUT2D eigenvalue weighted by molar-refractivity contribution is 7.92. The lowest BCUT2D eigenvalue weighted by molar-refractivity contribution is -0.137. The molecule has 2 heterocycles. The van der Waals surface area contributed by atoms with E-state index in [1.807, 2.05) is 0 Å². The number of fused-ring (bicyclic) bond motifs is 1. The van der Waals surface area contributed by atoms with Gasteiger partial charge in [0.25, 0.3) is 10.0 Å². The van der Waals surface area contributed by atoms with Crippen molar-refractivity contribution in [2.24, 2.45) is 0 Å². The number of nitrogen functional groups attached to an aromatic ring is 1. The molecule has 160 valence electrons. The topological polar surface area (TPSA) is 102 Å². The van der Waals surface area contributed by atoms with E-state index in [4.69, 9.17) is 5.73 Å². The summed E-state index contributed by atoms with van der Waals surface area (Å²) in [5.41, 5.74) is 5.48. The van der Waals surface area contributed by atoms with E-state index in [9.17, 15) is 26.0 Å². The lowest BCUT2D eigenvalue weighted by atomic mass is 10.1. The summed E-state index contributed by atoms with van der Waals surface area (Å²) in [7, 11) is -4.39. The van der Waals surface area contributed by atoms with Crippen molar-refractivity contribution in [2.45, 2.75) is 11.1 Å². The van der Waals surface area contributed by atoms with Crippen LogP contribution in [0.1, 0.15) is 5.56 Å². The zero-order valence-corrected chi connectivity index (χ0v) is 16.2. The Kier molecular flexibility index (Phi) is 4.81. The molecule has 0 saturated heterocycles. The molecule has 0 bridgehead atoms. The first kappa shape index (κ1) is 20.6. The van der Waals surface area contributed by atoms with Crippen molar-refractivity contribution in [3.8, 4) is 11.1 Å². The van der Waals surface area contributed by atoms with Crippen molar-refractivity contribution in [3.05, 3.63) is 72.3 Å². The number of nitrogens with zero attached hydrogens (tertiary/aromatic N) is 3. The molecule has 0 aliphatic carbocycles. The second kappa shape index (κ2) is 7.23. The Balaban J connectivity index is 1.66. The van der Waals surface area contributed by atoms with Gasteiger partial charge in [0.1, 0.15) is 11.6 Å². The molecule has 0 fully saturated rings. The normalized spacial score (nSPS) is 12.3. The number of sulfonamides is 1. The smallest absolute Gasteiger partial charge is 0.383 e. The largest absolute Gasteiger partial charge is 0.416 e. The summed E-state index contributed by atoms with van der Waals surface area (Å²) < 4.78 is 81.7. The van der Waals surface area contributed by atoms with Crippen molar-refractivity contribution in [1.82, 2.24) is 14.6 Å². The summed E-state index contributed by atoms with van der Waals surface area (Å²) in [5.74, 6) is -0.685. The van der Waals surface area contributed by atoms with Crippen LogP contribution in [-0.2, 0) is 16.2 Å². The molecular formula is C19H13F4N5O2S. The van der Waals surface area contributed by atoms with Crippen LogP contribution in [-0.4, -0.2) is 23.0 Å². The average Bonchev–Trinajstić information content (AvgIpc) is 3.18. The third-order valence-corrected chi connectivity index (χ3v) is 5.81. The van der Waals surface area contributed by atoms with Gasteiger partial charge in [-0.25, -0.2) is 17.8 Å². The van der Waals surface area contributed by atoms with Gasteiger partial charge in [-0.15, -0.1) is 0 Å². The van der Waals surface area contributed by atoms with Gasteiger partial charge in [0.2, 0.25) is 0 Å². The second-order valence-corrected chi connectivity index (χ2v) is 8.17. The molecule has 0 spiro atoms. The minimum Gasteiger partial charge on any atom is -0.383 e.